The number of nitriles is 1. The number of hydrogen-bond acceptors (Lipinski definition) is 4. The van der Waals surface area contributed by atoms with Gasteiger partial charge in [-0.1, -0.05) is 12.1 Å². The highest BCUT2D eigenvalue weighted by Crippen LogP contribution is 2.31. The molecule has 0 aliphatic carbocycles. The highest BCUT2D eigenvalue weighted by Gasteiger charge is 2.33. The number of nitrogens with zero attached hydrogens (tertiary/aromatic N) is 1. The third-order valence-electron chi connectivity index (χ3n) is 3.45. The maximum absolute atomic E-state index is 11.5. The van der Waals surface area contributed by atoms with Gasteiger partial charge in [0.15, 0.2) is 9.84 Å². The molecule has 5 heteroatoms. The largest absolute Gasteiger partial charge is 0.313 e. The van der Waals surface area contributed by atoms with Crippen molar-refractivity contribution in [3.05, 3.63) is 35.4 Å². The lowest BCUT2D eigenvalue weighted by Crippen LogP contribution is -2.26. The Balaban J connectivity index is 2.21. The lowest BCUT2D eigenvalue weighted by atomic mass is 9.92. The van der Waals surface area contributed by atoms with E-state index in [0.29, 0.717) is 12.0 Å². The molecule has 2 rings (SSSR count). The van der Waals surface area contributed by atoms with Crippen molar-refractivity contribution in [2.45, 2.75) is 12.5 Å². The van der Waals surface area contributed by atoms with E-state index in [9.17, 15) is 8.42 Å². The lowest BCUT2D eigenvalue weighted by Gasteiger charge is -2.22. The van der Waals surface area contributed by atoms with Crippen molar-refractivity contribution in [1.82, 2.24) is 5.32 Å². The van der Waals surface area contributed by atoms with Crippen molar-refractivity contribution >= 4 is 9.84 Å². The van der Waals surface area contributed by atoms with Crippen molar-refractivity contribution in [2.75, 3.05) is 18.6 Å². The van der Waals surface area contributed by atoms with Gasteiger partial charge in [0.25, 0.3) is 0 Å². The molecule has 0 saturated carbocycles. The van der Waals surface area contributed by atoms with Crippen LogP contribution >= 0.6 is 0 Å². The Hall–Kier alpha value is -1.38. The molecule has 0 bridgehead atoms. The van der Waals surface area contributed by atoms with Crippen LogP contribution in [0.25, 0.3) is 0 Å². The molecule has 0 radical (unpaired) electrons. The summed E-state index contributed by atoms with van der Waals surface area (Å²) in [6, 6.07) is 9.44. The van der Waals surface area contributed by atoms with Crippen LogP contribution in [0.5, 0.6) is 0 Å². The third kappa shape index (κ3) is 2.71. The number of nitrogens with one attached hydrogen (secondary N) is 1. The number of rotatable bonds is 3. The summed E-state index contributed by atoms with van der Waals surface area (Å²) in [6.07, 6.45) is 0.702. The van der Waals surface area contributed by atoms with Crippen molar-refractivity contribution in [1.29, 1.82) is 5.26 Å². The van der Waals surface area contributed by atoms with Gasteiger partial charge in [0.2, 0.25) is 0 Å². The van der Waals surface area contributed by atoms with Crippen LogP contribution in [-0.2, 0) is 9.84 Å². The van der Waals surface area contributed by atoms with Crippen LogP contribution in [0, 0.1) is 17.2 Å². The predicted molar refractivity (Wildman–Crippen MR) is 69.7 cm³/mol. The second kappa shape index (κ2) is 5.09. The Labute approximate surface area is 108 Å². The van der Waals surface area contributed by atoms with Crippen LogP contribution < -0.4 is 5.32 Å². The quantitative estimate of drug-likeness (QED) is 0.892. The monoisotopic (exact) mass is 264 g/mol. The summed E-state index contributed by atoms with van der Waals surface area (Å²) in [5, 5.41) is 11.9. The fourth-order valence-electron chi connectivity index (χ4n) is 2.53. The fraction of sp³-hybridized carbons (Fsp3) is 0.462. The summed E-state index contributed by atoms with van der Waals surface area (Å²) in [4.78, 5) is 0. The van der Waals surface area contributed by atoms with Crippen LogP contribution in [0.15, 0.2) is 24.3 Å². The first-order valence-electron chi connectivity index (χ1n) is 5.93. The van der Waals surface area contributed by atoms with Gasteiger partial charge in [-0.15, -0.1) is 0 Å². The van der Waals surface area contributed by atoms with E-state index in [2.05, 4.69) is 11.4 Å². The van der Waals surface area contributed by atoms with Gasteiger partial charge < -0.3 is 5.32 Å². The fourth-order valence-corrected chi connectivity index (χ4v) is 4.37. The Kier molecular flexibility index (Phi) is 3.69. The van der Waals surface area contributed by atoms with E-state index in [1.54, 1.807) is 12.1 Å². The molecule has 1 aromatic carbocycles. The molecule has 4 nitrogen and oxygen atoms in total. The molecule has 2 unspecified atom stereocenters. The zero-order valence-electron chi connectivity index (χ0n) is 10.3. The smallest absolute Gasteiger partial charge is 0.150 e. The SMILES string of the molecule is CNC(c1ccc(C#N)cc1)C1CCS(=O)(=O)C1. The highest BCUT2D eigenvalue weighted by molar-refractivity contribution is 7.91. The second-order valence-corrected chi connectivity index (χ2v) is 6.89. The van der Waals surface area contributed by atoms with Gasteiger partial charge in [0, 0.05) is 6.04 Å². The first-order valence-corrected chi connectivity index (χ1v) is 7.75. The molecule has 1 N–H and O–H groups in total. The normalized spacial score (nSPS) is 23.4. The van der Waals surface area contributed by atoms with E-state index in [-0.39, 0.29) is 23.5 Å². The molecule has 1 aliphatic rings. The molecule has 1 aliphatic heterocycles. The lowest BCUT2D eigenvalue weighted by molar-refractivity contribution is 0.418. The molecule has 0 spiro atoms. The van der Waals surface area contributed by atoms with Gasteiger partial charge >= 0.3 is 0 Å². The molecule has 0 aromatic heterocycles. The molecular formula is C13H16N2O2S. The van der Waals surface area contributed by atoms with Gasteiger partial charge in [-0.3, -0.25) is 0 Å². The van der Waals surface area contributed by atoms with Crippen molar-refractivity contribution in [3.63, 3.8) is 0 Å². The van der Waals surface area contributed by atoms with Crippen molar-refractivity contribution in [3.8, 4) is 6.07 Å². The van der Waals surface area contributed by atoms with Gasteiger partial charge in [0.05, 0.1) is 23.1 Å². The summed E-state index contributed by atoms with van der Waals surface area (Å²) >= 11 is 0. The number of hydrogen-bond donors (Lipinski definition) is 1. The summed E-state index contributed by atoms with van der Waals surface area (Å²) in [6.45, 7) is 0. The van der Waals surface area contributed by atoms with Crippen LogP contribution in [0.4, 0.5) is 0 Å². The number of benzene rings is 1. The van der Waals surface area contributed by atoms with Gasteiger partial charge in [0.1, 0.15) is 0 Å². The predicted octanol–water partition coefficient (Wildman–Crippen LogP) is 1.25. The zero-order valence-corrected chi connectivity index (χ0v) is 11.1. The van der Waals surface area contributed by atoms with Crippen LogP contribution in [0.1, 0.15) is 23.6 Å². The minimum absolute atomic E-state index is 0.0371. The molecule has 2 atom stereocenters. The van der Waals surface area contributed by atoms with E-state index in [4.69, 9.17) is 5.26 Å². The molecule has 96 valence electrons. The summed E-state index contributed by atoms with van der Waals surface area (Å²) in [7, 11) is -1.02. The maximum atomic E-state index is 11.5. The maximum Gasteiger partial charge on any atom is 0.150 e. The molecule has 1 fully saturated rings. The molecular weight excluding hydrogens is 248 g/mol. The van der Waals surface area contributed by atoms with E-state index in [1.807, 2.05) is 19.2 Å². The van der Waals surface area contributed by atoms with E-state index in [0.717, 1.165) is 5.56 Å². The van der Waals surface area contributed by atoms with Gasteiger partial charge in [-0.25, -0.2) is 8.42 Å². The van der Waals surface area contributed by atoms with Crippen molar-refractivity contribution in [2.24, 2.45) is 5.92 Å². The Morgan fingerprint density at radius 1 is 1.39 bits per heavy atom. The van der Waals surface area contributed by atoms with Gasteiger partial charge in [-0.05, 0) is 37.1 Å². The molecule has 1 aromatic rings. The molecule has 18 heavy (non-hydrogen) atoms. The zero-order chi connectivity index (χ0) is 13.2. The first kappa shape index (κ1) is 13.1. The summed E-state index contributed by atoms with van der Waals surface area (Å²) < 4.78 is 23.0. The minimum Gasteiger partial charge on any atom is -0.313 e. The van der Waals surface area contributed by atoms with E-state index >= 15 is 0 Å². The Morgan fingerprint density at radius 3 is 2.50 bits per heavy atom. The summed E-state index contributed by atoms with van der Waals surface area (Å²) in [5.74, 6) is 0.651. The Bertz CT molecular complexity index is 558. The van der Waals surface area contributed by atoms with Crippen molar-refractivity contribution < 1.29 is 8.42 Å². The average Bonchev–Trinajstić information content (AvgIpc) is 2.71. The van der Waals surface area contributed by atoms with Crippen LogP contribution in [-0.4, -0.2) is 27.0 Å². The van der Waals surface area contributed by atoms with Crippen LogP contribution in [0.2, 0.25) is 0 Å². The summed E-state index contributed by atoms with van der Waals surface area (Å²) in [5.41, 5.74) is 1.66. The highest BCUT2D eigenvalue weighted by atomic mass is 32.2. The van der Waals surface area contributed by atoms with Gasteiger partial charge in [-0.2, -0.15) is 5.26 Å². The molecule has 1 saturated heterocycles. The first-order chi connectivity index (χ1) is 8.55. The topological polar surface area (TPSA) is 70.0 Å². The minimum atomic E-state index is -2.86. The third-order valence-corrected chi connectivity index (χ3v) is 5.24. The molecule has 1 heterocycles. The Morgan fingerprint density at radius 2 is 2.06 bits per heavy atom. The average molecular weight is 264 g/mol. The van der Waals surface area contributed by atoms with E-state index in [1.165, 1.54) is 0 Å². The molecule has 0 amide bonds. The standard InChI is InChI=1S/C13H16N2O2S/c1-15-13(12-6-7-18(16,17)9-12)11-4-2-10(8-14)3-5-11/h2-5,12-13,15H,6-7,9H2,1H3. The number of sulfone groups is 1. The van der Waals surface area contributed by atoms with Crippen LogP contribution in [0.3, 0.4) is 0 Å². The second-order valence-electron chi connectivity index (χ2n) is 4.66. The van der Waals surface area contributed by atoms with E-state index < -0.39 is 9.84 Å².